The van der Waals surface area contributed by atoms with Crippen LogP contribution >= 0.6 is 7.82 Å². The van der Waals surface area contributed by atoms with E-state index in [1.165, 1.54) is 38.5 Å². The van der Waals surface area contributed by atoms with Gasteiger partial charge < -0.3 is 19.8 Å². The van der Waals surface area contributed by atoms with Crippen LogP contribution in [-0.2, 0) is 18.4 Å². The SMILES string of the molecule is CC/C=C\C/C=C\C/C=C\C/C=C\C/C=C\C/C=C\C/C=C\C/C=C\CCCCC(=O)NC(COP(=O)(O)OCC[N+](C)(C)C)C(O)CCCCCCCCCCC. The van der Waals surface area contributed by atoms with Crippen molar-refractivity contribution in [2.24, 2.45) is 0 Å². The minimum absolute atomic E-state index is 0.0599. The number of carbonyl (C=O) groups is 1. The van der Waals surface area contributed by atoms with Gasteiger partial charge in [0.2, 0.25) is 5.91 Å². The van der Waals surface area contributed by atoms with E-state index >= 15 is 0 Å². The summed E-state index contributed by atoms with van der Waals surface area (Å²) < 4.78 is 23.5. The highest BCUT2D eigenvalue weighted by Gasteiger charge is 2.28. The minimum Gasteiger partial charge on any atom is -0.391 e. The van der Waals surface area contributed by atoms with Crippen molar-refractivity contribution in [2.45, 2.75) is 167 Å². The third-order valence-corrected chi connectivity index (χ3v) is 10.3. The van der Waals surface area contributed by atoms with Crippen LogP contribution in [0.15, 0.2) is 97.2 Å². The van der Waals surface area contributed by atoms with E-state index in [9.17, 15) is 19.4 Å². The summed E-state index contributed by atoms with van der Waals surface area (Å²) in [5, 5.41) is 13.8. The van der Waals surface area contributed by atoms with Gasteiger partial charge in [0.15, 0.2) is 0 Å². The Morgan fingerprint density at radius 2 is 1.03 bits per heavy atom. The van der Waals surface area contributed by atoms with E-state index in [-0.39, 0.29) is 19.1 Å². The second-order valence-corrected chi connectivity index (χ2v) is 17.5. The van der Waals surface area contributed by atoms with Crippen LogP contribution in [-0.4, -0.2) is 73.4 Å². The van der Waals surface area contributed by atoms with Gasteiger partial charge in [0, 0.05) is 6.42 Å². The van der Waals surface area contributed by atoms with Crippen molar-refractivity contribution in [1.29, 1.82) is 0 Å². The lowest BCUT2D eigenvalue weighted by molar-refractivity contribution is -0.870. The number of unbranched alkanes of at least 4 members (excludes halogenated alkanes) is 10. The Bertz CT molecular complexity index is 1260. The van der Waals surface area contributed by atoms with Crippen LogP contribution in [0.1, 0.15) is 155 Å². The molecule has 0 aliphatic carbocycles. The van der Waals surface area contributed by atoms with Crippen LogP contribution in [0.5, 0.6) is 0 Å². The van der Waals surface area contributed by atoms with E-state index in [1.807, 2.05) is 21.1 Å². The predicted molar refractivity (Wildman–Crippen MR) is 249 cm³/mol. The number of likely N-dealkylation sites (N-methyl/N-ethyl adjacent to an activating group) is 1. The molecule has 8 nitrogen and oxygen atoms in total. The summed E-state index contributed by atoms with van der Waals surface area (Å²) in [7, 11) is 1.56. The Labute approximate surface area is 356 Å². The molecule has 0 heterocycles. The number of aliphatic hydroxyl groups is 1. The van der Waals surface area contributed by atoms with E-state index in [2.05, 4.69) is 116 Å². The maximum atomic E-state index is 12.8. The summed E-state index contributed by atoms with van der Waals surface area (Å²) >= 11 is 0. The molecule has 0 bridgehead atoms. The Morgan fingerprint density at radius 1 is 0.603 bits per heavy atom. The Morgan fingerprint density at radius 3 is 1.48 bits per heavy atom. The van der Waals surface area contributed by atoms with Gasteiger partial charge in [0.25, 0.3) is 0 Å². The van der Waals surface area contributed by atoms with Gasteiger partial charge in [-0.25, -0.2) is 4.57 Å². The van der Waals surface area contributed by atoms with Crippen LogP contribution in [0.4, 0.5) is 0 Å². The van der Waals surface area contributed by atoms with Gasteiger partial charge in [0.05, 0.1) is 39.9 Å². The number of quaternary nitrogens is 1. The van der Waals surface area contributed by atoms with Gasteiger partial charge in [-0.2, -0.15) is 0 Å². The summed E-state index contributed by atoms with van der Waals surface area (Å²) in [5.41, 5.74) is 0. The molecule has 1 amide bonds. The first kappa shape index (κ1) is 55.4. The summed E-state index contributed by atoms with van der Waals surface area (Å²) in [5.74, 6) is -0.195. The molecule has 0 saturated carbocycles. The van der Waals surface area contributed by atoms with Gasteiger partial charge in [-0.1, -0.05) is 169 Å². The first-order valence-corrected chi connectivity index (χ1v) is 24.1. The number of aliphatic hydroxyl groups excluding tert-OH is 1. The number of phosphoric acid groups is 1. The van der Waals surface area contributed by atoms with Crippen LogP contribution in [0, 0.1) is 0 Å². The molecule has 3 unspecified atom stereocenters. The second kappa shape index (κ2) is 39.9. The quantitative estimate of drug-likeness (QED) is 0.0247. The van der Waals surface area contributed by atoms with E-state index in [4.69, 9.17) is 9.05 Å². The first-order valence-electron chi connectivity index (χ1n) is 22.6. The second-order valence-electron chi connectivity index (χ2n) is 16.0. The molecule has 0 rings (SSSR count). The number of carbonyl (C=O) groups excluding carboxylic acids is 1. The fourth-order valence-corrected chi connectivity index (χ4v) is 6.50. The number of hydrogen-bond donors (Lipinski definition) is 3. The van der Waals surface area contributed by atoms with E-state index in [0.29, 0.717) is 30.3 Å². The van der Waals surface area contributed by atoms with Gasteiger partial charge in [-0.05, 0) is 77.0 Å². The van der Waals surface area contributed by atoms with Crippen molar-refractivity contribution in [2.75, 3.05) is 40.9 Å². The molecule has 332 valence electrons. The normalized spacial score (nSPS) is 15.2. The van der Waals surface area contributed by atoms with Crippen LogP contribution < -0.4 is 5.32 Å². The van der Waals surface area contributed by atoms with Crippen molar-refractivity contribution < 1.29 is 32.9 Å². The summed E-state index contributed by atoms with van der Waals surface area (Å²) in [6.45, 7) is 4.68. The lowest BCUT2D eigenvalue weighted by Crippen LogP contribution is -2.46. The number of rotatable bonds is 39. The molecular formula is C49H86N2O6P+. The molecule has 3 N–H and O–H groups in total. The summed E-state index contributed by atoms with van der Waals surface area (Å²) in [4.78, 5) is 23.1. The molecule has 3 atom stereocenters. The number of hydrogen-bond acceptors (Lipinski definition) is 5. The highest BCUT2D eigenvalue weighted by Crippen LogP contribution is 2.43. The Balaban J connectivity index is 4.35. The number of nitrogens with one attached hydrogen (secondary N) is 1. The number of allylic oxidation sites excluding steroid dienone is 16. The maximum absolute atomic E-state index is 12.8. The topological polar surface area (TPSA) is 105 Å². The van der Waals surface area contributed by atoms with Crippen LogP contribution in [0.25, 0.3) is 0 Å². The molecule has 0 saturated heterocycles. The molecule has 9 heteroatoms. The smallest absolute Gasteiger partial charge is 0.391 e. The number of phosphoric ester groups is 1. The first-order chi connectivity index (χ1) is 28.0. The number of nitrogens with zero attached hydrogens (tertiary/aromatic N) is 1. The standard InChI is InChI=1S/C49H85N2O6P/c1-6-8-10-12-14-16-17-18-19-20-21-22-23-24-25-26-27-28-29-30-31-32-33-35-37-39-41-43-49(53)50-47(46-57-58(54,55)56-45-44-51(3,4)5)48(52)42-40-38-36-34-15-13-11-9-7-2/h8,10,14,16,18-19,21-22,24-25,27-28,30-31,33,35,47-48,52H,6-7,9,11-13,15,17,20,23,26,29,32,34,36-46H2,1-5H3,(H-,50,53,54,55)/p+1/b10-8-,16-14-,19-18-,22-21-,25-24-,28-27-,31-30-,35-33-. The van der Waals surface area contributed by atoms with Gasteiger partial charge in [0.1, 0.15) is 13.2 Å². The van der Waals surface area contributed by atoms with Crippen LogP contribution in [0.2, 0.25) is 0 Å². The molecule has 0 aliphatic heterocycles. The van der Waals surface area contributed by atoms with E-state index in [0.717, 1.165) is 83.5 Å². The summed E-state index contributed by atoms with van der Waals surface area (Å²) in [6.07, 6.45) is 55.9. The van der Waals surface area contributed by atoms with Gasteiger partial charge in [-0.3, -0.25) is 13.8 Å². The largest absolute Gasteiger partial charge is 0.472 e. The third kappa shape index (κ3) is 41.6. The van der Waals surface area contributed by atoms with E-state index < -0.39 is 20.0 Å². The monoisotopic (exact) mass is 830 g/mol. The fraction of sp³-hybridized carbons (Fsp3) is 0.653. The minimum atomic E-state index is -4.33. The molecule has 58 heavy (non-hydrogen) atoms. The van der Waals surface area contributed by atoms with Crippen molar-refractivity contribution in [3.8, 4) is 0 Å². The zero-order chi connectivity index (χ0) is 42.8. The zero-order valence-electron chi connectivity index (χ0n) is 37.5. The van der Waals surface area contributed by atoms with Crippen molar-refractivity contribution in [3.63, 3.8) is 0 Å². The molecular weight excluding hydrogens is 744 g/mol. The van der Waals surface area contributed by atoms with Crippen molar-refractivity contribution >= 4 is 13.7 Å². The molecule has 0 spiro atoms. The average molecular weight is 830 g/mol. The van der Waals surface area contributed by atoms with Crippen molar-refractivity contribution in [3.05, 3.63) is 97.2 Å². The van der Waals surface area contributed by atoms with Crippen LogP contribution in [0.3, 0.4) is 0 Å². The van der Waals surface area contributed by atoms with Gasteiger partial charge in [-0.15, -0.1) is 0 Å². The summed E-state index contributed by atoms with van der Waals surface area (Å²) in [6, 6.07) is -0.788. The van der Waals surface area contributed by atoms with Gasteiger partial charge >= 0.3 is 7.82 Å². The van der Waals surface area contributed by atoms with E-state index in [1.54, 1.807) is 0 Å². The highest BCUT2D eigenvalue weighted by molar-refractivity contribution is 7.47. The highest BCUT2D eigenvalue weighted by atomic mass is 31.2. The molecule has 0 aliphatic rings. The van der Waals surface area contributed by atoms with Crippen molar-refractivity contribution in [1.82, 2.24) is 5.32 Å². The lowest BCUT2D eigenvalue weighted by atomic mass is 10.0. The molecule has 0 aromatic heterocycles. The predicted octanol–water partition coefficient (Wildman–Crippen LogP) is 12.7. The molecule has 0 fully saturated rings. The number of amides is 1. The zero-order valence-corrected chi connectivity index (χ0v) is 38.4. The average Bonchev–Trinajstić information content (AvgIpc) is 3.17. The third-order valence-electron chi connectivity index (χ3n) is 9.35. The molecule has 0 aromatic rings. The lowest BCUT2D eigenvalue weighted by Gasteiger charge is -2.26. The Kier molecular flexibility index (Phi) is 38.1. The fourth-order valence-electron chi connectivity index (χ4n) is 5.76. The molecule has 0 radical (unpaired) electrons. The molecule has 0 aromatic carbocycles. The maximum Gasteiger partial charge on any atom is 0.472 e. The Hall–Kier alpha value is -2.58.